The summed E-state index contributed by atoms with van der Waals surface area (Å²) in [6.45, 7) is 0. The summed E-state index contributed by atoms with van der Waals surface area (Å²) in [6.07, 6.45) is 1.64. The number of nitrogens with zero attached hydrogens (tertiary/aromatic N) is 2. The van der Waals surface area contributed by atoms with Gasteiger partial charge < -0.3 is 18.6 Å². The van der Waals surface area contributed by atoms with Gasteiger partial charge in [-0.25, -0.2) is 0 Å². The summed E-state index contributed by atoms with van der Waals surface area (Å²) in [5, 5.41) is 12.2. The highest BCUT2D eigenvalue weighted by Crippen LogP contribution is 2.43. The van der Waals surface area contributed by atoms with Crippen molar-refractivity contribution in [2.24, 2.45) is 0 Å². The number of ether oxygens (including phenoxy) is 3. The maximum absolute atomic E-state index is 13.1. The summed E-state index contributed by atoms with van der Waals surface area (Å²) in [5.74, 6) is 2.07. The fraction of sp³-hybridized carbons (Fsp3) is 0.125. The molecule has 8 heteroatoms. The van der Waals surface area contributed by atoms with Gasteiger partial charge in [-0.05, 0) is 18.2 Å². The standard InChI is InChI=1S/C24H19N3O5/c1-29-18-8-9-19(30-2)23-22(18)21(31-3)10-15-17(28)11-20(32-24(15)23)14-6-4-13(5-7-14)16-12-25-27-26-16/h4-12H,1-3H3,(H,25,26,27). The van der Waals surface area contributed by atoms with Gasteiger partial charge in [-0.1, -0.05) is 24.3 Å². The minimum Gasteiger partial charge on any atom is -0.496 e. The number of aromatic amines is 1. The van der Waals surface area contributed by atoms with Gasteiger partial charge in [0.05, 0.1) is 43.7 Å². The van der Waals surface area contributed by atoms with Crippen LogP contribution in [0.2, 0.25) is 0 Å². The maximum atomic E-state index is 13.1. The van der Waals surface area contributed by atoms with E-state index in [0.717, 1.165) is 16.8 Å². The summed E-state index contributed by atoms with van der Waals surface area (Å²) in [7, 11) is 4.69. The van der Waals surface area contributed by atoms with Gasteiger partial charge in [0.1, 0.15) is 28.7 Å². The molecular formula is C24H19N3O5. The third-order valence-electron chi connectivity index (χ3n) is 5.40. The largest absolute Gasteiger partial charge is 0.496 e. The second-order valence-electron chi connectivity index (χ2n) is 7.08. The van der Waals surface area contributed by atoms with Crippen LogP contribution in [0.15, 0.2) is 63.9 Å². The number of H-pyrrole nitrogens is 1. The maximum Gasteiger partial charge on any atom is 0.193 e. The molecule has 0 saturated heterocycles. The first kappa shape index (κ1) is 19.6. The summed E-state index contributed by atoms with van der Waals surface area (Å²) in [4.78, 5) is 13.1. The molecule has 0 spiro atoms. The zero-order chi connectivity index (χ0) is 22.2. The van der Waals surface area contributed by atoms with E-state index in [4.69, 9.17) is 18.6 Å². The van der Waals surface area contributed by atoms with Gasteiger partial charge in [0.2, 0.25) is 0 Å². The Labute approximate surface area is 182 Å². The molecule has 3 aromatic carbocycles. The Morgan fingerprint density at radius 1 is 0.812 bits per heavy atom. The lowest BCUT2D eigenvalue weighted by molar-refractivity contribution is 0.400. The topological polar surface area (TPSA) is 99.5 Å². The lowest BCUT2D eigenvalue weighted by Crippen LogP contribution is -2.03. The van der Waals surface area contributed by atoms with Crippen molar-refractivity contribution >= 4 is 21.7 Å². The van der Waals surface area contributed by atoms with Gasteiger partial charge in [0, 0.05) is 17.2 Å². The zero-order valence-electron chi connectivity index (χ0n) is 17.6. The van der Waals surface area contributed by atoms with Crippen LogP contribution in [0.25, 0.3) is 44.3 Å². The first-order chi connectivity index (χ1) is 15.6. The van der Waals surface area contributed by atoms with E-state index in [-0.39, 0.29) is 5.43 Å². The van der Waals surface area contributed by atoms with E-state index in [0.29, 0.717) is 44.8 Å². The Morgan fingerprint density at radius 2 is 1.47 bits per heavy atom. The summed E-state index contributed by atoms with van der Waals surface area (Å²) in [6, 6.07) is 14.3. The lowest BCUT2D eigenvalue weighted by Gasteiger charge is -2.15. The van der Waals surface area contributed by atoms with Gasteiger partial charge >= 0.3 is 0 Å². The minimum absolute atomic E-state index is 0.188. The number of benzene rings is 3. The van der Waals surface area contributed by atoms with Crippen molar-refractivity contribution in [2.75, 3.05) is 21.3 Å². The molecule has 160 valence electrons. The Morgan fingerprint density at radius 3 is 2.09 bits per heavy atom. The van der Waals surface area contributed by atoms with Crippen molar-refractivity contribution < 1.29 is 18.6 Å². The lowest BCUT2D eigenvalue weighted by atomic mass is 10.0. The van der Waals surface area contributed by atoms with E-state index in [1.165, 1.54) is 6.07 Å². The molecule has 0 aliphatic rings. The van der Waals surface area contributed by atoms with Crippen molar-refractivity contribution in [3.63, 3.8) is 0 Å². The molecule has 32 heavy (non-hydrogen) atoms. The number of methoxy groups -OCH3 is 3. The fourth-order valence-corrected chi connectivity index (χ4v) is 3.85. The molecule has 0 atom stereocenters. The molecule has 2 aromatic heterocycles. The predicted molar refractivity (Wildman–Crippen MR) is 120 cm³/mol. The van der Waals surface area contributed by atoms with Crippen LogP contribution in [0.5, 0.6) is 17.2 Å². The van der Waals surface area contributed by atoms with Gasteiger partial charge in [-0.3, -0.25) is 4.79 Å². The van der Waals surface area contributed by atoms with Crippen LogP contribution in [-0.2, 0) is 0 Å². The number of aromatic nitrogens is 3. The van der Waals surface area contributed by atoms with E-state index in [1.54, 1.807) is 45.7 Å². The van der Waals surface area contributed by atoms with Crippen LogP contribution in [-0.4, -0.2) is 36.7 Å². The van der Waals surface area contributed by atoms with Crippen molar-refractivity contribution in [3.8, 4) is 39.8 Å². The minimum atomic E-state index is -0.188. The second kappa shape index (κ2) is 7.73. The Kier molecular flexibility index (Phi) is 4.74. The highest BCUT2D eigenvalue weighted by Gasteiger charge is 2.20. The van der Waals surface area contributed by atoms with Gasteiger partial charge in [-0.15, -0.1) is 0 Å². The highest BCUT2D eigenvalue weighted by molar-refractivity contribution is 6.13. The SMILES string of the molecule is COc1ccc(OC)c2c1c(OC)cc1c(=O)cc(-c3ccc(-c4cn[nH]n4)cc3)oc12. The molecule has 0 amide bonds. The summed E-state index contributed by atoms with van der Waals surface area (Å²) in [5.41, 5.74) is 2.59. The average Bonchev–Trinajstić information content (AvgIpc) is 3.38. The quantitative estimate of drug-likeness (QED) is 0.413. The Hall–Kier alpha value is -4.33. The third-order valence-corrected chi connectivity index (χ3v) is 5.40. The molecule has 0 aliphatic carbocycles. The molecule has 1 N–H and O–H groups in total. The Bertz CT molecular complexity index is 1490. The molecule has 0 unspecified atom stereocenters. The van der Waals surface area contributed by atoms with E-state index >= 15 is 0 Å². The van der Waals surface area contributed by atoms with Crippen LogP contribution in [0.1, 0.15) is 0 Å². The van der Waals surface area contributed by atoms with Gasteiger partial charge in [0.25, 0.3) is 0 Å². The normalized spacial score (nSPS) is 11.1. The van der Waals surface area contributed by atoms with E-state index in [2.05, 4.69) is 15.4 Å². The average molecular weight is 429 g/mol. The van der Waals surface area contributed by atoms with Gasteiger partial charge in [-0.2, -0.15) is 15.4 Å². The molecule has 0 fully saturated rings. The summed E-state index contributed by atoms with van der Waals surface area (Å²) < 4.78 is 23.0. The first-order valence-electron chi connectivity index (χ1n) is 9.80. The molecule has 0 radical (unpaired) electrons. The molecule has 8 nitrogen and oxygen atoms in total. The van der Waals surface area contributed by atoms with Gasteiger partial charge in [0.15, 0.2) is 11.0 Å². The van der Waals surface area contributed by atoms with E-state index in [9.17, 15) is 4.79 Å². The molecule has 0 aliphatic heterocycles. The van der Waals surface area contributed by atoms with Crippen LogP contribution in [0.3, 0.4) is 0 Å². The van der Waals surface area contributed by atoms with E-state index in [1.807, 2.05) is 24.3 Å². The third kappa shape index (κ3) is 3.04. The number of hydrogen-bond acceptors (Lipinski definition) is 7. The molecule has 5 aromatic rings. The molecule has 0 bridgehead atoms. The number of nitrogens with one attached hydrogen (secondary N) is 1. The van der Waals surface area contributed by atoms with Crippen molar-refractivity contribution in [1.29, 1.82) is 0 Å². The fourth-order valence-electron chi connectivity index (χ4n) is 3.85. The van der Waals surface area contributed by atoms with Crippen LogP contribution >= 0.6 is 0 Å². The van der Waals surface area contributed by atoms with Crippen molar-refractivity contribution in [3.05, 3.63) is 65.0 Å². The number of fused-ring (bicyclic) bond motifs is 3. The number of hydrogen-bond donors (Lipinski definition) is 1. The van der Waals surface area contributed by atoms with Crippen LogP contribution in [0, 0.1) is 0 Å². The number of rotatable bonds is 5. The second-order valence-corrected chi connectivity index (χ2v) is 7.08. The van der Waals surface area contributed by atoms with Crippen LogP contribution in [0.4, 0.5) is 0 Å². The molecule has 0 saturated carbocycles. The molecule has 2 heterocycles. The van der Waals surface area contributed by atoms with Crippen molar-refractivity contribution in [2.45, 2.75) is 0 Å². The predicted octanol–water partition coefficient (Wildman–Crippen LogP) is 4.42. The Balaban J connectivity index is 1.78. The monoisotopic (exact) mass is 429 g/mol. The first-order valence-corrected chi connectivity index (χ1v) is 9.80. The molecular weight excluding hydrogens is 410 g/mol. The smallest absolute Gasteiger partial charge is 0.193 e. The summed E-state index contributed by atoms with van der Waals surface area (Å²) >= 11 is 0. The highest BCUT2D eigenvalue weighted by atomic mass is 16.5. The molecule has 5 rings (SSSR count). The van der Waals surface area contributed by atoms with E-state index < -0.39 is 0 Å². The van der Waals surface area contributed by atoms with Crippen LogP contribution < -0.4 is 19.6 Å². The van der Waals surface area contributed by atoms with Crippen molar-refractivity contribution in [1.82, 2.24) is 15.4 Å². The zero-order valence-corrected chi connectivity index (χ0v) is 17.6.